The van der Waals surface area contributed by atoms with Crippen molar-refractivity contribution in [1.29, 1.82) is 0 Å². The summed E-state index contributed by atoms with van der Waals surface area (Å²) in [7, 11) is 0. The van der Waals surface area contributed by atoms with Gasteiger partial charge in [-0.2, -0.15) is 0 Å². The zero-order valence-electron chi connectivity index (χ0n) is 8.45. The molecule has 1 aromatic heterocycles. The fourth-order valence-corrected chi connectivity index (χ4v) is 1.65. The first-order valence-electron chi connectivity index (χ1n) is 5.16. The molecule has 15 heavy (non-hydrogen) atoms. The third-order valence-corrected chi connectivity index (χ3v) is 2.43. The van der Waals surface area contributed by atoms with E-state index in [1.807, 2.05) is 0 Å². The molecule has 1 fully saturated rings. The quantitative estimate of drug-likeness (QED) is 0.684. The summed E-state index contributed by atoms with van der Waals surface area (Å²) in [6.07, 6.45) is 3.48. The zero-order chi connectivity index (χ0) is 10.5. The van der Waals surface area contributed by atoms with Crippen molar-refractivity contribution in [2.45, 2.75) is 18.9 Å². The molecule has 0 aromatic carbocycles. The highest BCUT2D eigenvalue weighted by Crippen LogP contribution is 2.07. The van der Waals surface area contributed by atoms with Gasteiger partial charge in [0.15, 0.2) is 0 Å². The van der Waals surface area contributed by atoms with Gasteiger partial charge < -0.3 is 15.1 Å². The number of urea groups is 1. The molecule has 0 radical (unpaired) electrons. The maximum atomic E-state index is 11.5. The van der Waals surface area contributed by atoms with Gasteiger partial charge in [0.2, 0.25) is 5.88 Å². The number of anilines is 1. The monoisotopic (exact) mass is 209 g/mol. The Bertz CT molecular complexity index is 304. The molecule has 2 amide bonds. The average molecular weight is 209 g/mol. The summed E-state index contributed by atoms with van der Waals surface area (Å²) in [6, 6.07) is 3.51. The van der Waals surface area contributed by atoms with Gasteiger partial charge in [-0.15, -0.1) is 0 Å². The largest absolute Gasteiger partial charge is 0.449 e. The maximum absolute atomic E-state index is 11.5. The second kappa shape index (κ2) is 4.84. The lowest BCUT2D eigenvalue weighted by molar-refractivity contribution is 0.244. The summed E-state index contributed by atoms with van der Waals surface area (Å²) in [5, 5.41) is 8.78. The molecule has 82 valence electrons. The van der Waals surface area contributed by atoms with Crippen molar-refractivity contribution in [2.24, 2.45) is 0 Å². The van der Waals surface area contributed by atoms with Crippen LogP contribution < -0.4 is 16.0 Å². The number of amides is 2. The Kier molecular flexibility index (Phi) is 3.24. The van der Waals surface area contributed by atoms with Crippen LogP contribution in [0.4, 0.5) is 10.7 Å². The van der Waals surface area contributed by atoms with Crippen LogP contribution in [0.3, 0.4) is 0 Å². The fraction of sp³-hybridized carbons (Fsp3) is 0.500. The minimum atomic E-state index is -0.197. The standard InChI is InChI=1S/C10H15N3O2/c14-10(13-9-2-1-7-15-9)12-8-3-5-11-6-4-8/h1-2,7-8,11H,3-6H2,(H2,12,13,14). The zero-order valence-corrected chi connectivity index (χ0v) is 8.45. The Hall–Kier alpha value is -1.49. The molecule has 5 nitrogen and oxygen atoms in total. The highest BCUT2D eigenvalue weighted by atomic mass is 16.3. The van der Waals surface area contributed by atoms with Crippen molar-refractivity contribution < 1.29 is 9.21 Å². The molecule has 1 aliphatic rings. The number of nitrogens with one attached hydrogen (secondary N) is 3. The van der Waals surface area contributed by atoms with Crippen molar-refractivity contribution in [1.82, 2.24) is 10.6 Å². The predicted molar refractivity (Wildman–Crippen MR) is 56.8 cm³/mol. The minimum absolute atomic E-state index is 0.197. The Morgan fingerprint density at radius 1 is 1.47 bits per heavy atom. The van der Waals surface area contributed by atoms with Crippen LogP contribution in [0.5, 0.6) is 0 Å². The van der Waals surface area contributed by atoms with E-state index in [0.29, 0.717) is 5.88 Å². The van der Waals surface area contributed by atoms with Gasteiger partial charge in [-0.3, -0.25) is 5.32 Å². The van der Waals surface area contributed by atoms with Crippen LogP contribution in [-0.4, -0.2) is 25.2 Å². The molecule has 1 aliphatic heterocycles. The van der Waals surface area contributed by atoms with Crippen molar-refractivity contribution in [3.63, 3.8) is 0 Å². The minimum Gasteiger partial charge on any atom is -0.449 e. The second-order valence-corrected chi connectivity index (χ2v) is 3.60. The SMILES string of the molecule is O=C(Nc1ccco1)NC1CCNCC1. The van der Waals surface area contributed by atoms with Crippen LogP contribution in [0.2, 0.25) is 0 Å². The van der Waals surface area contributed by atoms with Crippen LogP contribution in [0, 0.1) is 0 Å². The van der Waals surface area contributed by atoms with E-state index in [1.54, 1.807) is 12.1 Å². The topological polar surface area (TPSA) is 66.3 Å². The molecular weight excluding hydrogens is 194 g/mol. The lowest BCUT2D eigenvalue weighted by Gasteiger charge is -2.23. The van der Waals surface area contributed by atoms with Crippen LogP contribution in [0.25, 0.3) is 0 Å². The Balaban J connectivity index is 1.76. The summed E-state index contributed by atoms with van der Waals surface area (Å²) >= 11 is 0. The van der Waals surface area contributed by atoms with Gasteiger partial charge in [-0.05, 0) is 32.0 Å². The molecule has 0 atom stereocenters. The molecular formula is C10H15N3O2. The lowest BCUT2D eigenvalue weighted by atomic mass is 10.1. The first-order chi connectivity index (χ1) is 7.34. The average Bonchev–Trinajstić information content (AvgIpc) is 2.71. The number of piperidine rings is 1. The number of carbonyl (C=O) groups excluding carboxylic acids is 1. The van der Waals surface area contributed by atoms with E-state index in [9.17, 15) is 4.79 Å². The molecule has 0 saturated carbocycles. The van der Waals surface area contributed by atoms with Crippen LogP contribution in [0.1, 0.15) is 12.8 Å². The number of furan rings is 1. The summed E-state index contributed by atoms with van der Waals surface area (Å²) in [4.78, 5) is 11.5. The lowest BCUT2D eigenvalue weighted by Crippen LogP contribution is -2.44. The van der Waals surface area contributed by atoms with Gasteiger partial charge >= 0.3 is 6.03 Å². The first-order valence-corrected chi connectivity index (χ1v) is 5.16. The molecule has 0 unspecified atom stereocenters. The van der Waals surface area contributed by atoms with E-state index < -0.39 is 0 Å². The van der Waals surface area contributed by atoms with Gasteiger partial charge in [0.05, 0.1) is 6.26 Å². The highest BCUT2D eigenvalue weighted by molar-refractivity contribution is 5.87. The maximum Gasteiger partial charge on any atom is 0.321 e. The number of rotatable bonds is 2. The molecule has 5 heteroatoms. The molecule has 1 aromatic rings. The molecule has 0 aliphatic carbocycles. The van der Waals surface area contributed by atoms with E-state index >= 15 is 0 Å². The summed E-state index contributed by atoms with van der Waals surface area (Å²) < 4.78 is 5.01. The van der Waals surface area contributed by atoms with Gasteiger partial charge in [0.25, 0.3) is 0 Å². The van der Waals surface area contributed by atoms with Crippen LogP contribution >= 0.6 is 0 Å². The second-order valence-electron chi connectivity index (χ2n) is 3.60. The van der Waals surface area contributed by atoms with E-state index in [-0.39, 0.29) is 12.1 Å². The van der Waals surface area contributed by atoms with Gasteiger partial charge in [0, 0.05) is 12.1 Å². The molecule has 1 saturated heterocycles. The third-order valence-electron chi connectivity index (χ3n) is 2.43. The summed E-state index contributed by atoms with van der Waals surface area (Å²) in [5.41, 5.74) is 0. The van der Waals surface area contributed by atoms with Crippen molar-refractivity contribution >= 4 is 11.9 Å². The fourth-order valence-electron chi connectivity index (χ4n) is 1.65. The van der Waals surface area contributed by atoms with Gasteiger partial charge in [0.1, 0.15) is 0 Å². The Morgan fingerprint density at radius 3 is 2.93 bits per heavy atom. The molecule has 3 N–H and O–H groups in total. The first kappa shape index (κ1) is 10.0. The van der Waals surface area contributed by atoms with Gasteiger partial charge in [-0.25, -0.2) is 4.79 Å². The smallest absolute Gasteiger partial charge is 0.321 e. The predicted octanol–water partition coefficient (Wildman–Crippen LogP) is 1.15. The van der Waals surface area contributed by atoms with E-state index in [1.165, 1.54) is 6.26 Å². The summed E-state index contributed by atoms with van der Waals surface area (Å²) in [5.74, 6) is 0.474. The van der Waals surface area contributed by atoms with E-state index in [4.69, 9.17) is 4.42 Å². The number of hydrogen-bond acceptors (Lipinski definition) is 3. The van der Waals surface area contributed by atoms with E-state index in [0.717, 1.165) is 25.9 Å². The molecule has 0 spiro atoms. The Labute approximate surface area is 88.2 Å². The van der Waals surface area contributed by atoms with Crippen molar-refractivity contribution in [3.05, 3.63) is 18.4 Å². The molecule has 0 bridgehead atoms. The number of carbonyl (C=O) groups is 1. The highest BCUT2D eigenvalue weighted by Gasteiger charge is 2.15. The normalized spacial score (nSPS) is 17.3. The third kappa shape index (κ3) is 2.99. The van der Waals surface area contributed by atoms with Crippen molar-refractivity contribution in [2.75, 3.05) is 18.4 Å². The van der Waals surface area contributed by atoms with Gasteiger partial charge in [-0.1, -0.05) is 0 Å². The molecule has 2 heterocycles. The number of hydrogen-bond donors (Lipinski definition) is 3. The molecule has 2 rings (SSSR count). The Morgan fingerprint density at radius 2 is 2.27 bits per heavy atom. The van der Waals surface area contributed by atoms with Crippen LogP contribution in [0.15, 0.2) is 22.8 Å². The van der Waals surface area contributed by atoms with E-state index in [2.05, 4.69) is 16.0 Å². The van der Waals surface area contributed by atoms with Crippen molar-refractivity contribution in [3.8, 4) is 0 Å². The summed E-state index contributed by atoms with van der Waals surface area (Å²) in [6.45, 7) is 1.93. The van der Waals surface area contributed by atoms with Crippen LogP contribution in [-0.2, 0) is 0 Å².